The quantitative estimate of drug-likeness (QED) is 0.541. The lowest BCUT2D eigenvalue weighted by Crippen LogP contribution is -2.14. The second-order valence-electron chi connectivity index (χ2n) is 5.97. The first-order valence-corrected chi connectivity index (χ1v) is 8.65. The molecule has 0 saturated carbocycles. The maximum atomic E-state index is 12.2. The number of rotatable bonds is 6. The molecule has 28 heavy (non-hydrogen) atoms. The Morgan fingerprint density at radius 2 is 1.89 bits per heavy atom. The van der Waals surface area contributed by atoms with E-state index in [-0.39, 0.29) is 11.6 Å². The van der Waals surface area contributed by atoms with E-state index in [0.717, 1.165) is 11.4 Å². The topological polar surface area (TPSA) is 97.6 Å². The van der Waals surface area contributed by atoms with Crippen LogP contribution in [-0.4, -0.2) is 30.6 Å². The number of nitrogens with zero attached hydrogens (tertiary/aromatic N) is 5. The van der Waals surface area contributed by atoms with Crippen LogP contribution in [0.25, 0.3) is 5.82 Å². The molecule has 8 heteroatoms. The van der Waals surface area contributed by atoms with Crippen LogP contribution >= 0.6 is 0 Å². The van der Waals surface area contributed by atoms with E-state index in [1.165, 1.54) is 0 Å². The maximum absolute atomic E-state index is 12.2. The number of carbonyl (C=O) groups is 1. The van der Waals surface area contributed by atoms with Crippen LogP contribution in [0.15, 0.2) is 79.5 Å². The van der Waals surface area contributed by atoms with Crippen LogP contribution in [0.3, 0.4) is 0 Å². The van der Waals surface area contributed by atoms with Crippen molar-refractivity contribution >= 4 is 17.4 Å². The van der Waals surface area contributed by atoms with Crippen molar-refractivity contribution in [3.8, 4) is 5.82 Å². The fraction of sp³-hybridized carbons (Fsp3) is 0.0500. The van der Waals surface area contributed by atoms with Gasteiger partial charge in [0.15, 0.2) is 5.69 Å². The third kappa shape index (κ3) is 4.18. The molecule has 8 nitrogen and oxygen atoms in total. The van der Waals surface area contributed by atoms with Crippen molar-refractivity contribution in [1.82, 2.24) is 24.7 Å². The van der Waals surface area contributed by atoms with Gasteiger partial charge in [0, 0.05) is 30.8 Å². The minimum atomic E-state index is -0.302. The maximum Gasteiger partial charge on any atom is 0.276 e. The predicted octanol–water partition coefficient (Wildman–Crippen LogP) is 2.92. The lowest BCUT2D eigenvalue weighted by atomic mass is 10.2. The zero-order chi connectivity index (χ0) is 19.2. The number of nitrogens with one attached hydrogen (secondary N) is 2. The number of pyridine rings is 1. The molecular weight excluding hydrogens is 354 g/mol. The molecule has 3 aromatic heterocycles. The molecule has 0 aliphatic heterocycles. The Hall–Kier alpha value is -4.07. The highest BCUT2D eigenvalue weighted by molar-refractivity contribution is 6.02. The standard InChI is InChI=1S/C20H17N7O/c28-20(24-16-4-2-1-3-5-16)17-6-7-18(26-25-17)23-13-15-8-9-22-19(12-15)27-11-10-21-14-27/h1-12,14H,13H2,(H,23,26)(H,24,28). The van der Waals surface area contributed by atoms with Crippen LogP contribution in [0.4, 0.5) is 11.5 Å². The number of hydrogen-bond acceptors (Lipinski definition) is 6. The van der Waals surface area contributed by atoms with Gasteiger partial charge in [-0.1, -0.05) is 18.2 Å². The first-order chi connectivity index (χ1) is 13.8. The van der Waals surface area contributed by atoms with Crippen molar-refractivity contribution in [3.05, 3.63) is 90.8 Å². The Morgan fingerprint density at radius 1 is 1.00 bits per heavy atom. The molecule has 1 amide bonds. The van der Waals surface area contributed by atoms with Crippen molar-refractivity contribution < 1.29 is 4.79 Å². The first-order valence-electron chi connectivity index (χ1n) is 8.65. The van der Waals surface area contributed by atoms with Gasteiger partial charge >= 0.3 is 0 Å². The largest absolute Gasteiger partial charge is 0.365 e. The molecular formula is C20H17N7O. The Labute approximate surface area is 161 Å². The van der Waals surface area contributed by atoms with Crippen LogP contribution in [0.2, 0.25) is 0 Å². The molecule has 0 unspecified atom stereocenters. The van der Waals surface area contributed by atoms with Gasteiger partial charge in [0.1, 0.15) is 18.0 Å². The summed E-state index contributed by atoms with van der Waals surface area (Å²) >= 11 is 0. The Morgan fingerprint density at radius 3 is 2.64 bits per heavy atom. The molecule has 3 heterocycles. The van der Waals surface area contributed by atoms with Crippen molar-refractivity contribution in [2.45, 2.75) is 6.54 Å². The van der Waals surface area contributed by atoms with Crippen LogP contribution in [-0.2, 0) is 6.54 Å². The van der Waals surface area contributed by atoms with E-state index in [1.807, 2.05) is 53.2 Å². The second kappa shape index (κ2) is 8.09. The molecule has 0 bridgehead atoms. The Kier molecular flexibility index (Phi) is 5.01. The molecule has 0 radical (unpaired) electrons. The Bertz CT molecular complexity index is 1050. The average Bonchev–Trinajstić information content (AvgIpc) is 3.29. The SMILES string of the molecule is O=C(Nc1ccccc1)c1ccc(NCc2ccnc(-n3ccnc3)c2)nn1. The van der Waals surface area contributed by atoms with E-state index in [2.05, 4.69) is 30.8 Å². The molecule has 1 aromatic carbocycles. The molecule has 0 aliphatic carbocycles. The summed E-state index contributed by atoms with van der Waals surface area (Å²) < 4.78 is 1.84. The van der Waals surface area contributed by atoms with Gasteiger partial charge in [-0.05, 0) is 42.0 Å². The molecule has 0 spiro atoms. The number of carbonyl (C=O) groups excluding carboxylic acids is 1. The predicted molar refractivity (Wildman–Crippen MR) is 105 cm³/mol. The monoisotopic (exact) mass is 371 g/mol. The van der Waals surface area contributed by atoms with E-state index in [4.69, 9.17) is 0 Å². The third-order valence-corrected chi connectivity index (χ3v) is 3.98. The highest BCUT2D eigenvalue weighted by Crippen LogP contribution is 2.11. The summed E-state index contributed by atoms with van der Waals surface area (Å²) in [6, 6.07) is 16.5. The van der Waals surface area contributed by atoms with Gasteiger partial charge in [0.05, 0.1) is 0 Å². The summed E-state index contributed by atoms with van der Waals surface area (Å²) in [5.74, 6) is 1.07. The molecule has 2 N–H and O–H groups in total. The molecule has 0 aliphatic rings. The van der Waals surface area contributed by atoms with Crippen LogP contribution in [0, 0.1) is 0 Å². The summed E-state index contributed by atoms with van der Waals surface area (Å²) in [7, 11) is 0. The van der Waals surface area contributed by atoms with E-state index in [0.29, 0.717) is 18.1 Å². The molecule has 0 fully saturated rings. The minimum absolute atomic E-state index is 0.251. The van der Waals surface area contributed by atoms with Crippen molar-refractivity contribution in [2.24, 2.45) is 0 Å². The molecule has 138 valence electrons. The van der Waals surface area contributed by atoms with Gasteiger partial charge < -0.3 is 10.6 Å². The van der Waals surface area contributed by atoms with Gasteiger partial charge in [-0.25, -0.2) is 9.97 Å². The summed E-state index contributed by atoms with van der Waals surface area (Å²) in [4.78, 5) is 20.6. The third-order valence-electron chi connectivity index (χ3n) is 3.98. The molecule has 0 atom stereocenters. The lowest BCUT2D eigenvalue weighted by Gasteiger charge is -2.08. The number of aromatic nitrogens is 5. The zero-order valence-electron chi connectivity index (χ0n) is 14.9. The summed E-state index contributed by atoms with van der Waals surface area (Å²) in [5, 5.41) is 14.0. The molecule has 0 saturated heterocycles. The van der Waals surface area contributed by atoms with E-state index < -0.39 is 0 Å². The van der Waals surface area contributed by atoms with Crippen LogP contribution in [0.5, 0.6) is 0 Å². The normalized spacial score (nSPS) is 10.4. The Balaban J connectivity index is 1.37. The van der Waals surface area contributed by atoms with E-state index in [1.54, 1.807) is 30.9 Å². The van der Waals surface area contributed by atoms with Crippen molar-refractivity contribution in [1.29, 1.82) is 0 Å². The number of benzene rings is 1. The van der Waals surface area contributed by atoms with Crippen LogP contribution < -0.4 is 10.6 Å². The van der Waals surface area contributed by atoms with E-state index in [9.17, 15) is 4.79 Å². The number of para-hydroxylation sites is 1. The van der Waals surface area contributed by atoms with Crippen molar-refractivity contribution in [2.75, 3.05) is 10.6 Å². The number of imidazole rings is 1. The molecule has 4 aromatic rings. The second-order valence-corrected chi connectivity index (χ2v) is 5.97. The summed E-state index contributed by atoms with van der Waals surface area (Å²) in [5.41, 5.74) is 2.00. The minimum Gasteiger partial charge on any atom is -0.365 e. The summed E-state index contributed by atoms with van der Waals surface area (Å²) in [6.07, 6.45) is 6.99. The highest BCUT2D eigenvalue weighted by atomic mass is 16.1. The van der Waals surface area contributed by atoms with Gasteiger partial charge in [0.25, 0.3) is 5.91 Å². The van der Waals surface area contributed by atoms with Gasteiger partial charge in [0.2, 0.25) is 0 Å². The first kappa shape index (κ1) is 17.3. The fourth-order valence-corrected chi connectivity index (χ4v) is 2.56. The average molecular weight is 371 g/mol. The fourth-order valence-electron chi connectivity index (χ4n) is 2.56. The van der Waals surface area contributed by atoms with Crippen LogP contribution in [0.1, 0.15) is 16.1 Å². The van der Waals surface area contributed by atoms with Gasteiger partial charge in [-0.2, -0.15) is 0 Å². The lowest BCUT2D eigenvalue weighted by molar-refractivity contribution is 0.102. The van der Waals surface area contributed by atoms with Crippen molar-refractivity contribution in [3.63, 3.8) is 0 Å². The van der Waals surface area contributed by atoms with Gasteiger partial charge in [-0.15, -0.1) is 10.2 Å². The summed E-state index contributed by atoms with van der Waals surface area (Å²) in [6.45, 7) is 0.550. The zero-order valence-corrected chi connectivity index (χ0v) is 14.9. The van der Waals surface area contributed by atoms with E-state index >= 15 is 0 Å². The molecule has 4 rings (SSSR count). The number of anilines is 2. The number of hydrogen-bond donors (Lipinski definition) is 2. The highest BCUT2D eigenvalue weighted by Gasteiger charge is 2.08. The number of amides is 1. The van der Waals surface area contributed by atoms with Gasteiger partial charge in [-0.3, -0.25) is 9.36 Å². The smallest absolute Gasteiger partial charge is 0.276 e.